The number of unbranched alkanes of at least 4 members (excludes halogenated alkanes) is 1. The van der Waals surface area contributed by atoms with E-state index in [1.165, 1.54) is 0 Å². The molecule has 1 unspecified atom stereocenters. The zero-order valence-electron chi connectivity index (χ0n) is 12.7. The number of hydrogen-bond acceptors (Lipinski definition) is 5. The number of aromatic nitrogens is 2. The van der Waals surface area contributed by atoms with Gasteiger partial charge in [0.05, 0.1) is 12.1 Å². The zero-order valence-corrected chi connectivity index (χ0v) is 13.5. The van der Waals surface area contributed by atoms with Crippen LogP contribution in [-0.4, -0.2) is 40.0 Å². The van der Waals surface area contributed by atoms with Crippen LogP contribution in [0.15, 0.2) is 35.6 Å². The normalized spacial score (nSPS) is 14.2. The third-order valence-corrected chi connectivity index (χ3v) is 4.91. The number of hydrogen-bond donors (Lipinski definition) is 2. The lowest BCUT2D eigenvalue weighted by atomic mass is 9.96. The van der Waals surface area contributed by atoms with Gasteiger partial charge in [-0.2, -0.15) is 0 Å². The third-order valence-electron chi connectivity index (χ3n) is 3.82. The van der Waals surface area contributed by atoms with E-state index >= 15 is 0 Å². The van der Waals surface area contributed by atoms with Crippen LogP contribution in [0.4, 0.5) is 0 Å². The van der Waals surface area contributed by atoms with Gasteiger partial charge in [-0.1, -0.05) is 24.6 Å². The Morgan fingerprint density at radius 3 is 2.81 bits per heavy atom. The summed E-state index contributed by atoms with van der Waals surface area (Å²) >= 11 is 1.78. The maximum absolute atomic E-state index is 9.35. The molecule has 0 saturated heterocycles. The molecule has 114 valence electrons. The van der Waals surface area contributed by atoms with Crippen molar-refractivity contribution in [3.63, 3.8) is 0 Å². The minimum Gasteiger partial charge on any atom is -0.394 e. The van der Waals surface area contributed by atoms with Crippen LogP contribution in [0, 0.1) is 0 Å². The molecular formula is C16H23N3OS. The highest BCUT2D eigenvalue weighted by Gasteiger charge is 2.19. The van der Waals surface area contributed by atoms with Crippen LogP contribution in [0.5, 0.6) is 0 Å². The number of benzene rings is 1. The van der Waals surface area contributed by atoms with E-state index in [4.69, 9.17) is 0 Å². The summed E-state index contributed by atoms with van der Waals surface area (Å²) in [6, 6.07) is 8.11. The lowest BCUT2D eigenvalue weighted by molar-refractivity contribution is 0.171. The van der Waals surface area contributed by atoms with E-state index in [1.54, 1.807) is 18.1 Å². The van der Waals surface area contributed by atoms with Crippen molar-refractivity contribution >= 4 is 22.7 Å². The van der Waals surface area contributed by atoms with Gasteiger partial charge in [0.2, 0.25) is 0 Å². The van der Waals surface area contributed by atoms with Gasteiger partial charge in [0, 0.05) is 10.9 Å². The molecule has 2 N–H and O–H groups in total. The number of para-hydroxylation sites is 1. The van der Waals surface area contributed by atoms with E-state index in [9.17, 15) is 5.11 Å². The highest BCUT2D eigenvalue weighted by atomic mass is 32.2. The average molecular weight is 305 g/mol. The topological polar surface area (TPSA) is 58.0 Å². The number of fused-ring (bicyclic) bond motifs is 1. The molecule has 1 aromatic heterocycles. The van der Waals surface area contributed by atoms with Gasteiger partial charge < -0.3 is 10.4 Å². The van der Waals surface area contributed by atoms with Crippen LogP contribution >= 0.6 is 11.8 Å². The SMILES string of the molecule is CNC(C)(CO)CCCCSc1ncnc2ccccc12. The quantitative estimate of drug-likeness (QED) is 0.446. The molecule has 2 aromatic rings. The van der Waals surface area contributed by atoms with Crippen molar-refractivity contribution in [2.75, 3.05) is 19.4 Å². The Morgan fingerprint density at radius 2 is 2.05 bits per heavy atom. The molecule has 0 aliphatic carbocycles. The summed E-state index contributed by atoms with van der Waals surface area (Å²) in [4.78, 5) is 8.67. The van der Waals surface area contributed by atoms with Crippen LogP contribution in [0.3, 0.4) is 0 Å². The predicted octanol–water partition coefficient (Wildman–Crippen LogP) is 2.86. The van der Waals surface area contributed by atoms with Crippen molar-refractivity contribution in [3.05, 3.63) is 30.6 Å². The molecule has 5 heteroatoms. The minimum absolute atomic E-state index is 0.160. The number of rotatable bonds is 8. The molecule has 0 fully saturated rings. The van der Waals surface area contributed by atoms with Crippen LogP contribution < -0.4 is 5.32 Å². The van der Waals surface area contributed by atoms with Crippen LogP contribution in [-0.2, 0) is 0 Å². The van der Waals surface area contributed by atoms with E-state index < -0.39 is 0 Å². The first-order valence-electron chi connectivity index (χ1n) is 7.31. The summed E-state index contributed by atoms with van der Waals surface area (Å²) in [5, 5.41) is 14.7. The molecule has 0 bridgehead atoms. The number of nitrogens with zero attached hydrogens (tertiary/aromatic N) is 2. The van der Waals surface area contributed by atoms with Crippen molar-refractivity contribution in [1.29, 1.82) is 0 Å². The number of likely N-dealkylation sites (N-methyl/N-ethyl adjacent to an activating group) is 1. The number of aliphatic hydroxyl groups is 1. The number of nitrogens with one attached hydrogen (secondary N) is 1. The molecule has 0 spiro atoms. The summed E-state index contributed by atoms with van der Waals surface area (Å²) in [6.07, 6.45) is 4.81. The Labute approximate surface area is 130 Å². The molecule has 1 heterocycles. The first kappa shape index (κ1) is 16.2. The summed E-state index contributed by atoms with van der Waals surface area (Å²) < 4.78 is 0. The molecule has 21 heavy (non-hydrogen) atoms. The standard InChI is InChI=1S/C16H23N3OS/c1-16(11-20,17-2)9-5-6-10-21-15-13-7-3-4-8-14(13)18-12-19-15/h3-4,7-8,12,17,20H,5-6,9-11H2,1-2H3. The second kappa shape index (κ2) is 7.73. The number of aliphatic hydroxyl groups excluding tert-OH is 1. The first-order valence-corrected chi connectivity index (χ1v) is 8.29. The van der Waals surface area contributed by atoms with Gasteiger partial charge >= 0.3 is 0 Å². The highest BCUT2D eigenvalue weighted by molar-refractivity contribution is 7.99. The Kier molecular flexibility index (Phi) is 5.96. The van der Waals surface area contributed by atoms with E-state index in [-0.39, 0.29) is 12.1 Å². The molecule has 0 aliphatic heterocycles. The molecule has 0 radical (unpaired) electrons. The minimum atomic E-state index is -0.160. The Hall–Kier alpha value is -1.17. The van der Waals surface area contributed by atoms with Crippen molar-refractivity contribution in [2.24, 2.45) is 0 Å². The molecule has 2 rings (SSSR count). The summed E-state index contributed by atoms with van der Waals surface area (Å²) in [5.41, 5.74) is 0.838. The predicted molar refractivity (Wildman–Crippen MR) is 88.7 cm³/mol. The first-order chi connectivity index (χ1) is 10.2. The lowest BCUT2D eigenvalue weighted by Gasteiger charge is -2.26. The van der Waals surface area contributed by atoms with E-state index in [2.05, 4.69) is 28.3 Å². The molecule has 1 atom stereocenters. The van der Waals surface area contributed by atoms with Gasteiger partial charge in [-0.05, 0) is 38.6 Å². The fourth-order valence-electron chi connectivity index (χ4n) is 2.16. The third kappa shape index (κ3) is 4.40. The molecule has 1 aromatic carbocycles. The van der Waals surface area contributed by atoms with Crippen molar-refractivity contribution in [1.82, 2.24) is 15.3 Å². The van der Waals surface area contributed by atoms with Gasteiger partial charge in [0.15, 0.2) is 0 Å². The van der Waals surface area contributed by atoms with Crippen molar-refractivity contribution < 1.29 is 5.11 Å². The smallest absolute Gasteiger partial charge is 0.117 e. The highest BCUT2D eigenvalue weighted by Crippen LogP contribution is 2.25. The molecule has 0 aliphatic rings. The van der Waals surface area contributed by atoms with E-state index in [1.807, 2.05) is 25.2 Å². The van der Waals surface area contributed by atoms with Gasteiger partial charge in [-0.25, -0.2) is 9.97 Å². The van der Waals surface area contributed by atoms with Crippen LogP contribution in [0.1, 0.15) is 26.2 Å². The lowest BCUT2D eigenvalue weighted by Crippen LogP contribution is -2.43. The van der Waals surface area contributed by atoms with Gasteiger partial charge in [-0.3, -0.25) is 0 Å². The summed E-state index contributed by atoms with van der Waals surface area (Å²) in [7, 11) is 1.90. The van der Waals surface area contributed by atoms with Gasteiger partial charge in [-0.15, -0.1) is 11.8 Å². The van der Waals surface area contributed by atoms with Crippen molar-refractivity contribution in [2.45, 2.75) is 36.8 Å². The largest absolute Gasteiger partial charge is 0.394 e. The van der Waals surface area contributed by atoms with E-state index in [0.29, 0.717) is 0 Å². The number of thioether (sulfide) groups is 1. The molecule has 0 saturated carbocycles. The van der Waals surface area contributed by atoms with Gasteiger partial charge in [0.1, 0.15) is 11.4 Å². The van der Waals surface area contributed by atoms with Crippen molar-refractivity contribution in [3.8, 4) is 0 Å². The fourth-order valence-corrected chi connectivity index (χ4v) is 3.16. The Bertz CT molecular complexity index is 567. The van der Waals surface area contributed by atoms with Crippen LogP contribution in [0.25, 0.3) is 10.9 Å². The molecular weight excluding hydrogens is 282 g/mol. The maximum atomic E-state index is 9.35. The second-order valence-corrected chi connectivity index (χ2v) is 6.55. The summed E-state index contributed by atoms with van der Waals surface area (Å²) in [6.45, 7) is 2.23. The zero-order chi connectivity index (χ0) is 15.1. The Morgan fingerprint density at radius 1 is 1.24 bits per heavy atom. The average Bonchev–Trinajstić information content (AvgIpc) is 2.54. The molecule has 0 amide bonds. The van der Waals surface area contributed by atoms with Crippen LogP contribution in [0.2, 0.25) is 0 Å². The van der Waals surface area contributed by atoms with Gasteiger partial charge in [0.25, 0.3) is 0 Å². The van der Waals surface area contributed by atoms with E-state index in [0.717, 1.165) is 40.9 Å². The Balaban J connectivity index is 1.83. The second-order valence-electron chi connectivity index (χ2n) is 5.47. The molecule has 4 nitrogen and oxygen atoms in total. The monoisotopic (exact) mass is 305 g/mol. The fraction of sp³-hybridized carbons (Fsp3) is 0.500. The maximum Gasteiger partial charge on any atom is 0.117 e. The summed E-state index contributed by atoms with van der Waals surface area (Å²) in [5.74, 6) is 1.03.